The van der Waals surface area contributed by atoms with Crippen LogP contribution in [0.1, 0.15) is 5.69 Å². The van der Waals surface area contributed by atoms with Crippen LogP contribution >= 0.6 is 11.6 Å². The summed E-state index contributed by atoms with van der Waals surface area (Å²) < 4.78 is 2.01. The van der Waals surface area contributed by atoms with Gasteiger partial charge >= 0.3 is 0 Å². The van der Waals surface area contributed by atoms with E-state index in [1.807, 2.05) is 49.1 Å². The normalized spacial score (nSPS) is 10.7. The third kappa shape index (κ3) is 2.26. The van der Waals surface area contributed by atoms with Crippen LogP contribution in [0.25, 0.3) is 11.4 Å². The third-order valence-electron chi connectivity index (χ3n) is 2.37. The first-order chi connectivity index (χ1) is 7.70. The molecule has 1 heterocycles. The van der Waals surface area contributed by atoms with Gasteiger partial charge in [0, 0.05) is 30.4 Å². The molecule has 0 atom stereocenters. The van der Waals surface area contributed by atoms with Gasteiger partial charge in [-0.25, -0.2) is 4.98 Å². The van der Waals surface area contributed by atoms with Crippen LogP contribution in [0.3, 0.4) is 0 Å². The van der Waals surface area contributed by atoms with Crippen molar-refractivity contribution in [3.05, 3.63) is 41.2 Å². The zero-order valence-corrected chi connectivity index (χ0v) is 10.1. The van der Waals surface area contributed by atoms with Crippen LogP contribution in [0, 0.1) is 0 Å². The highest BCUT2D eigenvalue weighted by molar-refractivity contribution is 6.30. The van der Waals surface area contributed by atoms with Gasteiger partial charge < -0.3 is 9.88 Å². The zero-order valence-electron chi connectivity index (χ0n) is 9.37. The second-order valence-corrected chi connectivity index (χ2v) is 4.14. The minimum absolute atomic E-state index is 0.732. The summed E-state index contributed by atoms with van der Waals surface area (Å²) in [6.45, 7) is 0.772. The Kier molecular flexibility index (Phi) is 3.27. The van der Waals surface area contributed by atoms with Crippen LogP contribution in [0.15, 0.2) is 30.5 Å². The first-order valence-electron chi connectivity index (χ1n) is 5.13. The van der Waals surface area contributed by atoms with E-state index in [2.05, 4.69) is 10.3 Å². The molecule has 0 amide bonds. The molecule has 0 aliphatic carbocycles. The molecule has 4 heteroatoms. The molecular formula is C12H14ClN3. The standard InChI is InChI=1S/C12H14ClN3/c1-14-7-11-8-16(2)12(15-11)9-4-3-5-10(13)6-9/h3-6,8,14H,7H2,1-2H3. The second kappa shape index (κ2) is 4.68. The summed E-state index contributed by atoms with van der Waals surface area (Å²) in [5, 5.41) is 3.82. The van der Waals surface area contributed by atoms with Crippen molar-refractivity contribution in [2.45, 2.75) is 6.54 Å². The maximum Gasteiger partial charge on any atom is 0.140 e. The first-order valence-corrected chi connectivity index (χ1v) is 5.51. The van der Waals surface area contributed by atoms with Crippen molar-refractivity contribution < 1.29 is 0 Å². The molecule has 1 aromatic carbocycles. The van der Waals surface area contributed by atoms with E-state index in [-0.39, 0.29) is 0 Å². The molecule has 2 aromatic rings. The van der Waals surface area contributed by atoms with Crippen molar-refractivity contribution in [2.24, 2.45) is 7.05 Å². The van der Waals surface area contributed by atoms with Crippen molar-refractivity contribution in [3.63, 3.8) is 0 Å². The highest BCUT2D eigenvalue weighted by Crippen LogP contribution is 2.21. The summed E-state index contributed by atoms with van der Waals surface area (Å²) in [6, 6.07) is 7.73. The number of rotatable bonds is 3. The van der Waals surface area contributed by atoms with E-state index < -0.39 is 0 Å². The average Bonchev–Trinajstić information content (AvgIpc) is 2.60. The highest BCUT2D eigenvalue weighted by atomic mass is 35.5. The SMILES string of the molecule is CNCc1cn(C)c(-c2cccc(Cl)c2)n1. The molecule has 0 fully saturated rings. The molecule has 2 rings (SSSR count). The fraction of sp³-hybridized carbons (Fsp3) is 0.250. The Morgan fingerprint density at radius 2 is 2.25 bits per heavy atom. The van der Waals surface area contributed by atoms with Gasteiger partial charge in [0.05, 0.1) is 5.69 Å². The van der Waals surface area contributed by atoms with Crippen LogP contribution in [0.5, 0.6) is 0 Å². The van der Waals surface area contributed by atoms with E-state index in [0.29, 0.717) is 0 Å². The Hall–Kier alpha value is -1.32. The molecule has 0 radical (unpaired) electrons. The van der Waals surface area contributed by atoms with Gasteiger partial charge in [-0.05, 0) is 19.2 Å². The van der Waals surface area contributed by atoms with E-state index >= 15 is 0 Å². The molecule has 0 unspecified atom stereocenters. The third-order valence-corrected chi connectivity index (χ3v) is 2.60. The Balaban J connectivity index is 2.40. The fourth-order valence-electron chi connectivity index (χ4n) is 1.69. The molecule has 0 saturated carbocycles. The number of imidazole rings is 1. The second-order valence-electron chi connectivity index (χ2n) is 3.71. The topological polar surface area (TPSA) is 29.9 Å². The molecule has 0 saturated heterocycles. The van der Waals surface area contributed by atoms with Crippen LogP contribution in [-0.4, -0.2) is 16.6 Å². The average molecular weight is 236 g/mol. The monoisotopic (exact) mass is 235 g/mol. The van der Waals surface area contributed by atoms with Gasteiger partial charge in [-0.2, -0.15) is 0 Å². The Morgan fingerprint density at radius 1 is 1.44 bits per heavy atom. The van der Waals surface area contributed by atoms with Gasteiger partial charge in [-0.15, -0.1) is 0 Å². The summed E-state index contributed by atoms with van der Waals surface area (Å²) in [5.74, 6) is 0.938. The molecule has 84 valence electrons. The number of aryl methyl sites for hydroxylation is 1. The fourth-order valence-corrected chi connectivity index (χ4v) is 1.88. The Labute approximate surface area is 100 Å². The zero-order chi connectivity index (χ0) is 11.5. The van der Waals surface area contributed by atoms with Crippen molar-refractivity contribution in [3.8, 4) is 11.4 Å². The lowest BCUT2D eigenvalue weighted by Crippen LogP contribution is -2.04. The lowest BCUT2D eigenvalue weighted by molar-refractivity contribution is 0.795. The predicted octanol–water partition coefficient (Wildman–Crippen LogP) is 2.46. The first kappa shape index (κ1) is 11.2. The molecule has 0 spiro atoms. The van der Waals surface area contributed by atoms with Gasteiger partial charge in [0.1, 0.15) is 5.82 Å². The molecule has 0 bridgehead atoms. The molecule has 0 aliphatic heterocycles. The maximum absolute atomic E-state index is 5.97. The lowest BCUT2D eigenvalue weighted by Gasteiger charge is -2.01. The molecule has 16 heavy (non-hydrogen) atoms. The Morgan fingerprint density at radius 3 is 2.94 bits per heavy atom. The van der Waals surface area contributed by atoms with Crippen molar-refractivity contribution in [2.75, 3.05) is 7.05 Å². The number of hydrogen-bond acceptors (Lipinski definition) is 2. The van der Waals surface area contributed by atoms with Gasteiger partial charge in [0.25, 0.3) is 0 Å². The molecule has 3 nitrogen and oxygen atoms in total. The minimum atomic E-state index is 0.732. The molecule has 1 N–H and O–H groups in total. The Bertz CT molecular complexity index is 491. The quantitative estimate of drug-likeness (QED) is 0.886. The van der Waals surface area contributed by atoms with Gasteiger partial charge in [0.15, 0.2) is 0 Å². The van der Waals surface area contributed by atoms with Gasteiger partial charge in [0.2, 0.25) is 0 Å². The van der Waals surface area contributed by atoms with Crippen molar-refractivity contribution in [1.29, 1.82) is 0 Å². The number of aromatic nitrogens is 2. The molecular weight excluding hydrogens is 222 g/mol. The van der Waals surface area contributed by atoms with Crippen LogP contribution in [-0.2, 0) is 13.6 Å². The van der Waals surface area contributed by atoms with E-state index in [4.69, 9.17) is 11.6 Å². The van der Waals surface area contributed by atoms with E-state index in [1.165, 1.54) is 0 Å². The number of benzene rings is 1. The highest BCUT2D eigenvalue weighted by Gasteiger charge is 2.07. The molecule has 1 aromatic heterocycles. The summed E-state index contributed by atoms with van der Waals surface area (Å²) in [6.07, 6.45) is 2.02. The maximum atomic E-state index is 5.97. The largest absolute Gasteiger partial charge is 0.334 e. The lowest BCUT2D eigenvalue weighted by atomic mass is 10.2. The van der Waals surface area contributed by atoms with Gasteiger partial charge in [-0.3, -0.25) is 0 Å². The minimum Gasteiger partial charge on any atom is -0.334 e. The van der Waals surface area contributed by atoms with Crippen LogP contribution in [0.4, 0.5) is 0 Å². The van der Waals surface area contributed by atoms with Gasteiger partial charge in [-0.1, -0.05) is 23.7 Å². The number of nitrogens with one attached hydrogen (secondary N) is 1. The summed E-state index contributed by atoms with van der Waals surface area (Å²) in [7, 11) is 3.90. The van der Waals surface area contributed by atoms with Crippen molar-refractivity contribution >= 4 is 11.6 Å². The van der Waals surface area contributed by atoms with E-state index in [1.54, 1.807) is 0 Å². The summed E-state index contributed by atoms with van der Waals surface area (Å²) in [5.41, 5.74) is 2.07. The van der Waals surface area contributed by atoms with E-state index in [0.717, 1.165) is 28.6 Å². The number of hydrogen-bond donors (Lipinski definition) is 1. The number of halogens is 1. The van der Waals surface area contributed by atoms with Crippen LogP contribution in [0.2, 0.25) is 5.02 Å². The summed E-state index contributed by atoms with van der Waals surface area (Å²) in [4.78, 5) is 4.55. The van der Waals surface area contributed by atoms with E-state index in [9.17, 15) is 0 Å². The predicted molar refractivity (Wildman–Crippen MR) is 66.4 cm³/mol. The van der Waals surface area contributed by atoms with Crippen LogP contribution < -0.4 is 5.32 Å². The van der Waals surface area contributed by atoms with Crippen molar-refractivity contribution in [1.82, 2.24) is 14.9 Å². The molecule has 0 aliphatic rings. The summed E-state index contributed by atoms with van der Waals surface area (Å²) >= 11 is 5.97. The smallest absolute Gasteiger partial charge is 0.140 e. The number of nitrogens with zero attached hydrogens (tertiary/aromatic N) is 2.